The van der Waals surface area contributed by atoms with Gasteiger partial charge in [0, 0.05) is 5.56 Å². The summed E-state index contributed by atoms with van der Waals surface area (Å²) in [5, 5.41) is 14.6. The summed E-state index contributed by atoms with van der Waals surface area (Å²) in [6, 6.07) is 15.7. The first kappa shape index (κ1) is 18.2. The first-order valence-corrected chi connectivity index (χ1v) is 9.30. The quantitative estimate of drug-likeness (QED) is 0.838. The van der Waals surface area contributed by atoms with Crippen molar-refractivity contribution < 1.29 is 14.5 Å². The van der Waals surface area contributed by atoms with E-state index in [1.807, 2.05) is 54.7 Å². The second kappa shape index (κ2) is 8.20. The number of hydrogen-bond acceptors (Lipinski definition) is 3. The van der Waals surface area contributed by atoms with E-state index in [2.05, 4.69) is 11.4 Å². The van der Waals surface area contributed by atoms with E-state index in [1.165, 1.54) is 0 Å². The standard InChI is InChI=1S/C21H25N3O2/c1-16(20(25)24-21(15-22)12-6-3-7-13-21)23-19(18-11-8-14-26-18)17-9-4-2-5-10-17/h2,4-5,8-11,14,16,19,23H,3,6-7,12-13H2,1H3,(H,24,25)/p+1/t16-,19+/m1/s1. The molecule has 1 aromatic heterocycles. The predicted octanol–water partition coefficient (Wildman–Crippen LogP) is 2.66. The Morgan fingerprint density at radius 1 is 1.19 bits per heavy atom. The van der Waals surface area contributed by atoms with Crippen molar-refractivity contribution in [1.82, 2.24) is 5.32 Å². The molecule has 0 radical (unpaired) electrons. The summed E-state index contributed by atoms with van der Waals surface area (Å²) < 4.78 is 5.61. The van der Waals surface area contributed by atoms with Gasteiger partial charge in [0.05, 0.1) is 12.3 Å². The zero-order valence-corrected chi connectivity index (χ0v) is 15.2. The number of nitrogens with two attached hydrogens (primary N) is 1. The molecule has 0 bridgehead atoms. The fourth-order valence-electron chi connectivity index (χ4n) is 3.64. The van der Waals surface area contributed by atoms with E-state index in [1.54, 1.807) is 6.26 Å². The molecular formula is C21H26N3O2+. The van der Waals surface area contributed by atoms with Gasteiger partial charge in [0.25, 0.3) is 5.91 Å². The first-order valence-electron chi connectivity index (χ1n) is 9.30. The average Bonchev–Trinajstić information content (AvgIpc) is 3.21. The van der Waals surface area contributed by atoms with E-state index in [0.29, 0.717) is 0 Å². The molecule has 1 aliphatic carbocycles. The van der Waals surface area contributed by atoms with Crippen LogP contribution in [-0.4, -0.2) is 17.5 Å². The Bertz CT molecular complexity index is 743. The van der Waals surface area contributed by atoms with E-state index >= 15 is 0 Å². The van der Waals surface area contributed by atoms with Crippen molar-refractivity contribution in [3.63, 3.8) is 0 Å². The Labute approximate surface area is 154 Å². The van der Waals surface area contributed by atoms with Crippen molar-refractivity contribution in [3.8, 4) is 6.07 Å². The fourth-order valence-corrected chi connectivity index (χ4v) is 3.64. The molecular weight excluding hydrogens is 326 g/mol. The molecule has 3 rings (SSSR count). The summed E-state index contributed by atoms with van der Waals surface area (Å²) in [6.45, 7) is 1.88. The summed E-state index contributed by atoms with van der Waals surface area (Å²) in [5.41, 5.74) is 0.374. The number of carbonyl (C=O) groups excluding carboxylic acids is 1. The van der Waals surface area contributed by atoms with Gasteiger partial charge in [-0.3, -0.25) is 4.79 Å². The van der Waals surface area contributed by atoms with Crippen molar-refractivity contribution in [2.75, 3.05) is 0 Å². The van der Waals surface area contributed by atoms with Crippen LogP contribution in [0, 0.1) is 11.3 Å². The SMILES string of the molecule is C[C@@H]([NH2+][C@@H](c1ccccc1)c1ccco1)C(=O)NC1(C#N)CCCCC1. The highest BCUT2D eigenvalue weighted by molar-refractivity contribution is 5.81. The minimum Gasteiger partial charge on any atom is -0.463 e. The third kappa shape index (κ3) is 4.14. The number of rotatable bonds is 6. The Kier molecular flexibility index (Phi) is 5.75. The van der Waals surface area contributed by atoms with E-state index in [4.69, 9.17) is 4.42 Å². The highest BCUT2D eigenvalue weighted by Gasteiger charge is 2.36. The van der Waals surface area contributed by atoms with Crippen LogP contribution >= 0.6 is 0 Å². The molecule has 1 saturated carbocycles. The topological polar surface area (TPSA) is 82.6 Å². The minimum absolute atomic E-state index is 0.0964. The zero-order chi connectivity index (χ0) is 18.4. The molecule has 2 atom stereocenters. The van der Waals surface area contributed by atoms with Gasteiger partial charge in [0.1, 0.15) is 5.54 Å². The molecule has 1 heterocycles. The van der Waals surface area contributed by atoms with Gasteiger partial charge in [-0.15, -0.1) is 0 Å². The Morgan fingerprint density at radius 2 is 1.92 bits per heavy atom. The number of amides is 1. The molecule has 0 saturated heterocycles. The lowest BCUT2D eigenvalue weighted by atomic mass is 9.82. The largest absolute Gasteiger partial charge is 0.463 e. The van der Waals surface area contributed by atoms with Gasteiger partial charge < -0.3 is 15.1 Å². The van der Waals surface area contributed by atoms with Crippen LogP contribution in [-0.2, 0) is 4.79 Å². The van der Waals surface area contributed by atoms with Crippen LogP contribution in [0.1, 0.15) is 56.4 Å². The van der Waals surface area contributed by atoms with Gasteiger partial charge in [-0.25, -0.2) is 0 Å². The van der Waals surface area contributed by atoms with E-state index in [0.717, 1.165) is 43.4 Å². The smallest absolute Gasteiger partial charge is 0.279 e. The average molecular weight is 352 g/mol. The van der Waals surface area contributed by atoms with Gasteiger partial charge in [-0.2, -0.15) is 5.26 Å². The predicted molar refractivity (Wildman–Crippen MR) is 98.0 cm³/mol. The van der Waals surface area contributed by atoms with Gasteiger partial charge in [-0.1, -0.05) is 49.6 Å². The lowest BCUT2D eigenvalue weighted by Crippen LogP contribution is -2.93. The maximum absolute atomic E-state index is 12.8. The molecule has 1 fully saturated rings. The highest BCUT2D eigenvalue weighted by atomic mass is 16.3. The van der Waals surface area contributed by atoms with Crippen molar-refractivity contribution in [2.24, 2.45) is 0 Å². The highest BCUT2D eigenvalue weighted by Crippen LogP contribution is 2.27. The Hall–Kier alpha value is -2.58. The molecule has 1 aliphatic rings. The number of nitriles is 1. The Balaban J connectivity index is 1.72. The van der Waals surface area contributed by atoms with Gasteiger partial charge in [-0.05, 0) is 31.9 Å². The summed E-state index contributed by atoms with van der Waals surface area (Å²) in [7, 11) is 0. The van der Waals surface area contributed by atoms with Crippen molar-refractivity contribution in [2.45, 2.75) is 56.7 Å². The van der Waals surface area contributed by atoms with E-state index in [9.17, 15) is 10.1 Å². The van der Waals surface area contributed by atoms with Crippen molar-refractivity contribution in [1.29, 1.82) is 5.26 Å². The van der Waals surface area contributed by atoms with Gasteiger partial charge >= 0.3 is 0 Å². The number of quaternary nitrogens is 1. The van der Waals surface area contributed by atoms with Crippen LogP contribution in [0.25, 0.3) is 0 Å². The van der Waals surface area contributed by atoms with Crippen LogP contribution in [0.15, 0.2) is 53.1 Å². The van der Waals surface area contributed by atoms with Crippen LogP contribution in [0.4, 0.5) is 0 Å². The molecule has 1 aromatic carbocycles. The summed E-state index contributed by atoms with van der Waals surface area (Å²) in [5.74, 6) is 0.712. The molecule has 5 heteroatoms. The Morgan fingerprint density at radius 3 is 2.54 bits per heavy atom. The van der Waals surface area contributed by atoms with E-state index < -0.39 is 5.54 Å². The summed E-state index contributed by atoms with van der Waals surface area (Å²) in [4.78, 5) is 12.8. The number of carbonyl (C=O) groups is 1. The lowest BCUT2D eigenvalue weighted by Gasteiger charge is -2.32. The lowest BCUT2D eigenvalue weighted by molar-refractivity contribution is -0.706. The fraction of sp³-hybridized carbons (Fsp3) is 0.429. The second-order valence-electron chi connectivity index (χ2n) is 7.13. The number of hydrogen-bond donors (Lipinski definition) is 2. The molecule has 2 aromatic rings. The molecule has 0 spiro atoms. The van der Waals surface area contributed by atoms with Gasteiger partial charge in [0.15, 0.2) is 17.8 Å². The normalized spacial score (nSPS) is 18.5. The number of furan rings is 1. The first-order chi connectivity index (χ1) is 12.6. The number of nitrogens with zero attached hydrogens (tertiary/aromatic N) is 1. The van der Waals surface area contributed by atoms with Crippen molar-refractivity contribution >= 4 is 5.91 Å². The van der Waals surface area contributed by atoms with Gasteiger partial charge in [0.2, 0.25) is 0 Å². The molecule has 5 nitrogen and oxygen atoms in total. The molecule has 0 aliphatic heterocycles. The van der Waals surface area contributed by atoms with Crippen LogP contribution in [0.2, 0.25) is 0 Å². The van der Waals surface area contributed by atoms with E-state index in [-0.39, 0.29) is 18.0 Å². The second-order valence-corrected chi connectivity index (χ2v) is 7.13. The van der Waals surface area contributed by atoms with Crippen molar-refractivity contribution in [3.05, 3.63) is 60.1 Å². The third-order valence-electron chi connectivity index (χ3n) is 5.19. The molecule has 136 valence electrons. The maximum Gasteiger partial charge on any atom is 0.279 e. The zero-order valence-electron chi connectivity index (χ0n) is 15.2. The van der Waals surface area contributed by atoms with Crippen LogP contribution in [0.5, 0.6) is 0 Å². The summed E-state index contributed by atoms with van der Waals surface area (Å²) in [6.07, 6.45) is 6.24. The third-order valence-corrected chi connectivity index (χ3v) is 5.19. The molecule has 26 heavy (non-hydrogen) atoms. The summed E-state index contributed by atoms with van der Waals surface area (Å²) >= 11 is 0. The number of benzene rings is 1. The molecule has 3 N–H and O–H groups in total. The van der Waals surface area contributed by atoms with Crippen LogP contribution in [0.3, 0.4) is 0 Å². The monoisotopic (exact) mass is 352 g/mol. The molecule has 0 unspecified atom stereocenters. The number of nitrogens with one attached hydrogen (secondary N) is 1. The molecule has 1 amide bonds. The van der Waals surface area contributed by atoms with Crippen LogP contribution < -0.4 is 10.6 Å². The minimum atomic E-state index is -0.704. The maximum atomic E-state index is 12.8.